The zero-order valence-electron chi connectivity index (χ0n) is 12.2. The zero-order valence-corrected chi connectivity index (χ0v) is 13.7. The molecule has 0 N–H and O–H groups in total. The Labute approximate surface area is 134 Å². The van der Waals surface area contributed by atoms with Crippen LogP contribution in [-0.4, -0.2) is 22.3 Å². The molecule has 2 aromatic rings. The minimum Gasteiger partial charge on any atom is -0.379 e. The van der Waals surface area contributed by atoms with Crippen LogP contribution in [0.15, 0.2) is 12.1 Å². The lowest BCUT2D eigenvalue weighted by Crippen LogP contribution is -2.07. The fraction of sp³-hybridized carbons (Fsp3) is 0.533. The number of unbranched alkanes of at least 4 members (excludes halogenated alkanes) is 1. The zero-order chi connectivity index (χ0) is 15.4. The van der Waals surface area contributed by atoms with Crippen LogP contribution < -0.4 is 0 Å². The molecule has 0 aliphatic rings. The van der Waals surface area contributed by atoms with Gasteiger partial charge in [0.25, 0.3) is 0 Å². The van der Waals surface area contributed by atoms with Crippen LogP contribution in [0, 0.1) is 5.82 Å². The molecule has 0 fully saturated rings. The average molecular weight is 333 g/mol. The molecule has 116 valence electrons. The summed E-state index contributed by atoms with van der Waals surface area (Å²) in [7, 11) is 0. The Morgan fingerprint density at radius 1 is 1.33 bits per heavy atom. The highest BCUT2D eigenvalue weighted by molar-refractivity contribution is 6.31. The molecule has 0 atom stereocenters. The summed E-state index contributed by atoms with van der Waals surface area (Å²) in [6.07, 6.45) is 2.11. The monoisotopic (exact) mass is 332 g/mol. The molecule has 3 nitrogen and oxygen atoms in total. The molecular weight excluding hydrogens is 314 g/mol. The smallest absolute Gasteiger partial charge is 0.144 e. The maximum atomic E-state index is 13.6. The standard InChI is InChI=1S/C15H19Cl2FN2O/c1-10(2)21-6-4-3-5-20-14-8-12(18)11(17)7-13(14)19-15(20)9-16/h7-8,10H,3-6,9H2,1-2H3. The fourth-order valence-corrected chi connectivity index (χ4v) is 2.57. The summed E-state index contributed by atoms with van der Waals surface area (Å²) in [5, 5.41) is 0.0820. The van der Waals surface area contributed by atoms with E-state index < -0.39 is 5.82 Å². The van der Waals surface area contributed by atoms with Crippen molar-refractivity contribution in [2.75, 3.05) is 6.61 Å². The maximum absolute atomic E-state index is 13.6. The molecule has 2 rings (SSSR count). The molecule has 0 radical (unpaired) electrons. The minimum absolute atomic E-state index is 0.0820. The van der Waals surface area contributed by atoms with Gasteiger partial charge in [0.1, 0.15) is 11.6 Å². The Balaban J connectivity index is 2.12. The second-order valence-corrected chi connectivity index (χ2v) is 5.87. The van der Waals surface area contributed by atoms with Gasteiger partial charge in [-0.2, -0.15) is 0 Å². The van der Waals surface area contributed by atoms with Crippen molar-refractivity contribution in [3.8, 4) is 0 Å². The van der Waals surface area contributed by atoms with Crippen LogP contribution in [0.5, 0.6) is 0 Å². The number of rotatable bonds is 7. The second-order valence-electron chi connectivity index (χ2n) is 5.19. The van der Waals surface area contributed by atoms with E-state index in [1.165, 1.54) is 6.07 Å². The van der Waals surface area contributed by atoms with Crippen molar-refractivity contribution in [3.63, 3.8) is 0 Å². The first-order valence-electron chi connectivity index (χ1n) is 7.04. The van der Waals surface area contributed by atoms with E-state index in [1.807, 2.05) is 18.4 Å². The number of hydrogen-bond acceptors (Lipinski definition) is 2. The van der Waals surface area contributed by atoms with E-state index >= 15 is 0 Å². The maximum Gasteiger partial charge on any atom is 0.144 e. The first-order valence-corrected chi connectivity index (χ1v) is 7.96. The van der Waals surface area contributed by atoms with E-state index in [0.29, 0.717) is 5.52 Å². The van der Waals surface area contributed by atoms with Gasteiger partial charge >= 0.3 is 0 Å². The molecule has 6 heteroatoms. The summed E-state index contributed by atoms with van der Waals surface area (Å²) in [6, 6.07) is 2.96. The Morgan fingerprint density at radius 3 is 2.76 bits per heavy atom. The number of halogens is 3. The van der Waals surface area contributed by atoms with Crippen LogP contribution in [0.3, 0.4) is 0 Å². The summed E-state index contributed by atoms with van der Waals surface area (Å²) in [5.41, 5.74) is 1.41. The van der Waals surface area contributed by atoms with E-state index in [9.17, 15) is 4.39 Å². The fourth-order valence-electron chi connectivity index (χ4n) is 2.21. The first-order chi connectivity index (χ1) is 10.0. The van der Waals surface area contributed by atoms with Crippen molar-refractivity contribution in [2.45, 2.75) is 45.2 Å². The van der Waals surface area contributed by atoms with Crippen LogP contribution in [0.1, 0.15) is 32.5 Å². The average Bonchev–Trinajstić information content (AvgIpc) is 2.76. The van der Waals surface area contributed by atoms with Crippen molar-refractivity contribution in [3.05, 3.63) is 28.8 Å². The third kappa shape index (κ3) is 4.09. The van der Waals surface area contributed by atoms with Crippen molar-refractivity contribution < 1.29 is 9.13 Å². The van der Waals surface area contributed by atoms with Gasteiger partial charge in [-0.15, -0.1) is 11.6 Å². The Kier molecular flexibility index (Phi) is 5.85. The molecule has 0 bridgehead atoms. The number of hydrogen-bond donors (Lipinski definition) is 0. The van der Waals surface area contributed by atoms with Gasteiger partial charge in [0.15, 0.2) is 0 Å². The summed E-state index contributed by atoms with van der Waals surface area (Å²) in [6.45, 7) is 5.49. The molecule has 0 unspecified atom stereocenters. The van der Waals surface area contributed by atoms with Crippen LogP contribution in [0.4, 0.5) is 4.39 Å². The molecule has 0 spiro atoms. The van der Waals surface area contributed by atoms with Gasteiger partial charge in [-0.25, -0.2) is 9.37 Å². The predicted octanol–water partition coefficient (Wildman–Crippen LogP) is 4.77. The number of aromatic nitrogens is 2. The van der Waals surface area contributed by atoms with Gasteiger partial charge in [-0.05, 0) is 32.8 Å². The van der Waals surface area contributed by atoms with E-state index in [1.54, 1.807) is 6.07 Å². The number of fused-ring (bicyclic) bond motifs is 1. The number of alkyl halides is 1. The Bertz CT molecular complexity index is 613. The van der Waals surface area contributed by atoms with Crippen LogP contribution >= 0.6 is 23.2 Å². The van der Waals surface area contributed by atoms with Gasteiger partial charge in [0.2, 0.25) is 0 Å². The summed E-state index contributed by atoms with van der Waals surface area (Å²) < 4.78 is 21.1. The summed E-state index contributed by atoms with van der Waals surface area (Å²) in [5.74, 6) is 0.587. The lowest BCUT2D eigenvalue weighted by Gasteiger charge is -2.09. The van der Waals surface area contributed by atoms with E-state index in [-0.39, 0.29) is 17.0 Å². The minimum atomic E-state index is -0.436. The highest BCUT2D eigenvalue weighted by Crippen LogP contribution is 2.24. The van der Waals surface area contributed by atoms with Crippen molar-refractivity contribution in [1.29, 1.82) is 0 Å². The number of ether oxygens (including phenoxy) is 1. The van der Waals surface area contributed by atoms with Crippen molar-refractivity contribution in [1.82, 2.24) is 9.55 Å². The van der Waals surface area contributed by atoms with Gasteiger partial charge in [0.05, 0.1) is 28.0 Å². The van der Waals surface area contributed by atoms with Crippen LogP contribution in [0.25, 0.3) is 11.0 Å². The van der Waals surface area contributed by atoms with Gasteiger partial charge < -0.3 is 9.30 Å². The van der Waals surface area contributed by atoms with Crippen LogP contribution in [-0.2, 0) is 17.2 Å². The third-order valence-electron chi connectivity index (χ3n) is 3.22. The molecule has 0 aliphatic carbocycles. The molecule has 0 amide bonds. The quantitative estimate of drug-likeness (QED) is 0.539. The van der Waals surface area contributed by atoms with E-state index in [0.717, 1.165) is 37.3 Å². The Morgan fingerprint density at radius 2 is 2.10 bits per heavy atom. The largest absolute Gasteiger partial charge is 0.379 e. The summed E-state index contributed by atoms with van der Waals surface area (Å²) in [4.78, 5) is 4.41. The third-order valence-corrected chi connectivity index (χ3v) is 3.74. The highest BCUT2D eigenvalue weighted by Gasteiger charge is 2.12. The van der Waals surface area contributed by atoms with Crippen LogP contribution in [0.2, 0.25) is 5.02 Å². The summed E-state index contributed by atoms with van der Waals surface area (Å²) >= 11 is 11.7. The van der Waals surface area contributed by atoms with Gasteiger partial charge in [-0.3, -0.25) is 0 Å². The molecule has 0 saturated heterocycles. The van der Waals surface area contributed by atoms with Gasteiger partial charge in [0, 0.05) is 19.2 Å². The van der Waals surface area contributed by atoms with Crippen molar-refractivity contribution in [2.24, 2.45) is 0 Å². The number of benzene rings is 1. The number of nitrogens with zero attached hydrogens (tertiary/aromatic N) is 2. The normalized spacial score (nSPS) is 11.7. The molecule has 0 saturated carbocycles. The lowest BCUT2D eigenvalue weighted by molar-refractivity contribution is 0.0754. The lowest BCUT2D eigenvalue weighted by atomic mass is 10.3. The topological polar surface area (TPSA) is 27.1 Å². The van der Waals surface area contributed by atoms with E-state index in [4.69, 9.17) is 27.9 Å². The van der Waals surface area contributed by atoms with Gasteiger partial charge in [-0.1, -0.05) is 11.6 Å². The van der Waals surface area contributed by atoms with E-state index in [2.05, 4.69) is 4.98 Å². The molecule has 0 aliphatic heterocycles. The molecule has 1 heterocycles. The predicted molar refractivity (Wildman–Crippen MR) is 84.6 cm³/mol. The SMILES string of the molecule is CC(C)OCCCCn1c(CCl)nc2cc(Cl)c(F)cc21. The molecule has 1 aromatic heterocycles. The molecular formula is C15H19Cl2FN2O. The second kappa shape index (κ2) is 7.43. The first kappa shape index (κ1) is 16.5. The number of imidazole rings is 1. The molecule has 1 aromatic carbocycles. The molecule has 21 heavy (non-hydrogen) atoms. The number of aryl methyl sites for hydroxylation is 1. The Hall–Kier alpha value is -0.840. The highest BCUT2D eigenvalue weighted by atomic mass is 35.5. The van der Waals surface area contributed by atoms with Crippen molar-refractivity contribution >= 4 is 34.2 Å².